The molecule has 0 aromatic heterocycles. The Kier molecular flexibility index (Phi) is 7.55. The molecule has 0 heterocycles. The molecule has 2 aromatic carbocycles. The van der Waals surface area contributed by atoms with Gasteiger partial charge in [0.2, 0.25) is 0 Å². The first kappa shape index (κ1) is 22.2. The lowest BCUT2D eigenvalue weighted by molar-refractivity contribution is 0.130. The van der Waals surface area contributed by atoms with E-state index in [0.717, 1.165) is 35.4 Å². The molecule has 162 valence electrons. The molecule has 0 radical (unpaired) electrons. The minimum Gasteiger partial charge on any atom is -0.497 e. The van der Waals surface area contributed by atoms with Gasteiger partial charge in [-0.2, -0.15) is 5.26 Å². The minimum absolute atomic E-state index is 0.200. The smallest absolute Gasteiger partial charge is 0.411 e. The number of hydrogen-bond acceptors (Lipinski definition) is 5. The van der Waals surface area contributed by atoms with E-state index in [9.17, 15) is 10.1 Å². The first-order chi connectivity index (χ1) is 15.0. The highest BCUT2D eigenvalue weighted by atomic mass is 16.6. The van der Waals surface area contributed by atoms with Crippen molar-refractivity contribution in [1.29, 1.82) is 5.26 Å². The monoisotopic (exact) mass is 419 g/mol. The summed E-state index contributed by atoms with van der Waals surface area (Å²) in [6, 6.07) is 15.8. The van der Waals surface area contributed by atoms with E-state index < -0.39 is 6.09 Å². The molecule has 1 saturated carbocycles. The van der Waals surface area contributed by atoms with E-state index in [4.69, 9.17) is 9.47 Å². The van der Waals surface area contributed by atoms with Gasteiger partial charge in [-0.15, -0.1) is 0 Å². The Balaban J connectivity index is 1.88. The maximum Gasteiger partial charge on any atom is 0.411 e. The van der Waals surface area contributed by atoms with E-state index in [1.54, 1.807) is 27.0 Å². The molecule has 0 unspecified atom stereocenters. The highest BCUT2D eigenvalue weighted by molar-refractivity contribution is 5.95. The lowest BCUT2D eigenvalue weighted by Crippen LogP contribution is -2.17. The maximum atomic E-state index is 11.9. The van der Waals surface area contributed by atoms with Gasteiger partial charge in [-0.1, -0.05) is 25.0 Å². The lowest BCUT2D eigenvalue weighted by Gasteiger charge is -2.18. The number of nitrogens with one attached hydrogen (secondary N) is 2. The van der Waals surface area contributed by atoms with Gasteiger partial charge in [0.15, 0.2) is 0 Å². The molecule has 0 saturated heterocycles. The van der Waals surface area contributed by atoms with Gasteiger partial charge in [-0.25, -0.2) is 4.79 Å². The highest BCUT2D eigenvalue weighted by Crippen LogP contribution is 2.32. The zero-order valence-electron chi connectivity index (χ0n) is 18.3. The number of amides is 1. The van der Waals surface area contributed by atoms with Gasteiger partial charge in [0.05, 0.1) is 24.9 Å². The van der Waals surface area contributed by atoms with E-state index in [1.165, 1.54) is 12.8 Å². The molecule has 3 rings (SSSR count). The number of carbonyl (C=O) groups is 1. The van der Waals surface area contributed by atoms with Crippen LogP contribution in [0.4, 0.5) is 16.2 Å². The molecule has 1 fully saturated rings. The Labute approximate surface area is 183 Å². The zero-order chi connectivity index (χ0) is 22.2. The maximum absolute atomic E-state index is 11.9. The van der Waals surface area contributed by atoms with Gasteiger partial charge in [0, 0.05) is 29.0 Å². The largest absolute Gasteiger partial charge is 0.497 e. The van der Waals surface area contributed by atoms with E-state index >= 15 is 0 Å². The van der Waals surface area contributed by atoms with Crippen molar-refractivity contribution in [1.82, 2.24) is 0 Å². The first-order valence-corrected chi connectivity index (χ1v) is 10.6. The highest BCUT2D eigenvalue weighted by Gasteiger charge is 2.18. The third kappa shape index (κ3) is 6.26. The fraction of sp³-hybridized carbons (Fsp3) is 0.360. The van der Waals surface area contributed by atoms with Crippen molar-refractivity contribution in [3.63, 3.8) is 0 Å². The van der Waals surface area contributed by atoms with Crippen LogP contribution in [0.25, 0.3) is 11.6 Å². The number of ether oxygens (including phenoxy) is 2. The topological polar surface area (TPSA) is 83.4 Å². The Bertz CT molecular complexity index is 986. The fourth-order valence-corrected chi connectivity index (χ4v) is 3.70. The van der Waals surface area contributed by atoms with Crippen LogP contribution in [-0.2, 0) is 4.74 Å². The molecule has 0 atom stereocenters. The van der Waals surface area contributed by atoms with Gasteiger partial charge in [-0.05, 0) is 62.6 Å². The Morgan fingerprint density at radius 2 is 1.97 bits per heavy atom. The molecule has 1 aliphatic carbocycles. The zero-order valence-corrected chi connectivity index (χ0v) is 18.3. The van der Waals surface area contributed by atoms with Crippen molar-refractivity contribution in [3.05, 3.63) is 53.6 Å². The summed E-state index contributed by atoms with van der Waals surface area (Å²) in [5.41, 5.74) is 3.67. The van der Waals surface area contributed by atoms with E-state index in [1.807, 2.05) is 42.5 Å². The second kappa shape index (κ2) is 10.5. The Morgan fingerprint density at radius 3 is 2.65 bits per heavy atom. The van der Waals surface area contributed by atoms with Crippen LogP contribution in [0.3, 0.4) is 0 Å². The van der Waals surface area contributed by atoms with Crippen molar-refractivity contribution in [2.75, 3.05) is 17.7 Å². The number of methoxy groups -OCH3 is 1. The fourth-order valence-electron chi connectivity index (χ4n) is 3.70. The van der Waals surface area contributed by atoms with Gasteiger partial charge in [0.25, 0.3) is 0 Å². The summed E-state index contributed by atoms with van der Waals surface area (Å²) in [5, 5.41) is 16.2. The van der Waals surface area contributed by atoms with Crippen molar-refractivity contribution in [2.45, 2.75) is 51.7 Å². The van der Waals surface area contributed by atoms with Crippen LogP contribution >= 0.6 is 0 Å². The van der Waals surface area contributed by atoms with Crippen LogP contribution in [0.2, 0.25) is 0 Å². The van der Waals surface area contributed by atoms with Crippen LogP contribution in [-0.4, -0.2) is 25.3 Å². The van der Waals surface area contributed by atoms with Crippen molar-refractivity contribution in [3.8, 4) is 11.8 Å². The normalized spacial score (nSPS) is 14.2. The van der Waals surface area contributed by atoms with Crippen molar-refractivity contribution < 1.29 is 14.3 Å². The minimum atomic E-state index is -0.505. The van der Waals surface area contributed by atoms with Crippen LogP contribution in [0.1, 0.15) is 50.7 Å². The molecule has 31 heavy (non-hydrogen) atoms. The predicted molar refractivity (Wildman–Crippen MR) is 124 cm³/mol. The van der Waals surface area contributed by atoms with Crippen LogP contribution in [0.5, 0.6) is 5.75 Å². The summed E-state index contributed by atoms with van der Waals surface area (Å²) in [6.45, 7) is 3.59. The third-order valence-electron chi connectivity index (χ3n) is 5.14. The summed E-state index contributed by atoms with van der Waals surface area (Å²) in [7, 11) is 1.64. The Hall–Kier alpha value is -3.46. The molecule has 0 spiro atoms. The number of rotatable bonds is 7. The summed E-state index contributed by atoms with van der Waals surface area (Å²) < 4.78 is 10.5. The van der Waals surface area contributed by atoms with Gasteiger partial charge in [-0.3, -0.25) is 5.32 Å². The molecule has 2 N–H and O–H groups in total. The van der Waals surface area contributed by atoms with E-state index in [0.29, 0.717) is 17.3 Å². The number of hydrogen-bond donors (Lipinski definition) is 2. The Morgan fingerprint density at radius 1 is 1.19 bits per heavy atom. The standard InChI is InChI=1S/C25H29N3O3/c1-17(2)31-25(29)28-21-10-6-7-18(14-21)13-19(16-26)23-12-11-22(30-3)15-24(23)27-20-8-4-5-9-20/h6-7,10-15,17,20,27H,4-5,8-9H2,1-3H3,(H,28,29)/b19-13+. The molecule has 0 aliphatic heterocycles. The molecule has 2 aromatic rings. The second-order valence-corrected chi connectivity index (χ2v) is 7.91. The molecule has 6 nitrogen and oxygen atoms in total. The molecule has 1 amide bonds. The van der Waals surface area contributed by atoms with Crippen molar-refractivity contribution >= 4 is 29.1 Å². The quantitative estimate of drug-likeness (QED) is 0.420. The lowest BCUT2D eigenvalue weighted by atomic mass is 10.0. The van der Waals surface area contributed by atoms with Crippen LogP contribution in [0.15, 0.2) is 42.5 Å². The third-order valence-corrected chi connectivity index (χ3v) is 5.14. The first-order valence-electron chi connectivity index (χ1n) is 10.6. The number of anilines is 2. The number of benzene rings is 2. The summed E-state index contributed by atoms with van der Waals surface area (Å²) in [6.07, 6.45) is 5.81. The van der Waals surface area contributed by atoms with E-state index in [-0.39, 0.29) is 6.10 Å². The van der Waals surface area contributed by atoms with Gasteiger partial charge in [0.1, 0.15) is 5.75 Å². The number of allylic oxidation sites excluding steroid dienone is 1. The van der Waals surface area contributed by atoms with Crippen molar-refractivity contribution in [2.24, 2.45) is 0 Å². The van der Waals surface area contributed by atoms with E-state index in [2.05, 4.69) is 16.7 Å². The van der Waals surface area contributed by atoms with Gasteiger partial charge >= 0.3 is 6.09 Å². The molecule has 6 heteroatoms. The number of carbonyl (C=O) groups excluding carboxylic acids is 1. The number of nitrogens with zero attached hydrogens (tertiary/aromatic N) is 1. The molecule has 0 bridgehead atoms. The number of nitriles is 1. The van der Waals surface area contributed by atoms with Crippen LogP contribution in [0, 0.1) is 11.3 Å². The average molecular weight is 420 g/mol. The summed E-state index contributed by atoms with van der Waals surface area (Å²) in [5.74, 6) is 0.747. The van der Waals surface area contributed by atoms with Crippen LogP contribution < -0.4 is 15.4 Å². The molecular formula is C25H29N3O3. The predicted octanol–water partition coefficient (Wildman–Crippen LogP) is 6.07. The van der Waals surface area contributed by atoms with Gasteiger partial charge < -0.3 is 14.8 Å². The molecule has 1 aliphatic rings. The summed E-state index contributed by atoms with van der Waals surface area (Å²) >= 11 is 0. The second-order valence-electron chi connectivity index (χ2n) is 7.91. The molecular weight excluding hydrogens is 390 g/mol. The SMILES string of the molecule is COc1ccc(/C(C#N)=C/c2cccc(NC(=O)OC(C)C)c2)c(NC2CCCC2)c1. The average Bonchev–Trinajstić information content (AvgIpc) is 3.25. The summed E-state index contributed by atoms with van der Waals surface area (Å²) in [4.78, 5) is 11.9.